The molecule has 2 aliphatic carbocycles. The van der Waals surface area contributed by atoms with Gasteiger partial charge in [0, 0.05) is 11.8 Å². The summed E-state index contributed by atoms with van der Waals surface area (Å²) in [6.45, 7) is 0. The predicted molar refractivity (Wildman–Crippen MR) is 69.5 cm³/mol. The molecule has 4 rings (SSSR count). The van der Waals surface area contributed by atoms with Crippen molar-refractivity contribution in [2.24, 2.45) is 0 Å². The lowest BCUT2D eigenvalue weighted by molar-refractivity contribution is 0.586. The number of benzene rings is 2. The van der Waals surface area contributed by atoms with E-state index in [0.29, 0.717) is 16.9 Å². The van der Waals surface area contributed by atoms with E-state index in [1.54, 1.807) is 24.3 Å². The molecule has 0 saturated heterocycles. The Labute approximate surface area is 110 Å². The Balaban J connectivity index is 1.98. The third-order valence-electron chi connectivity index (χ3n) is 4.23. The Hall–Kier alpha value is -1.68. The summed E-state index contributed by atoms with van der Waals surface area (Å²) in [5.41, 5.74) is 3.11. The Kier molecular flexibility index (Phi) is 1.81. The van der Waals surface area contributed by atoms with Gasteiger partial charge in [0.1, 0.15) is 5.82 Å². The van der Waals surface area contributed by atoms with E-state index in [4.69, 9.17) is 0 Å². The van der Waals surface area contributed by atoms with Crippen LogP contribution in [0.25, 0.3) is 0 Å². The van der Waals surface area contributed by atoms with Gasteiger partial charge < -0.3 is 0 Å². The maximum absolute atomic E-state index is 13.9. The van der Waals surface area contributed by atoms with Gasteiger partial charge in [0.05, 0.1) is 10.3 Å². The first-order chi connectivity index (χ1) is 8.96. The molecule has 0 heterocycles. The van der Waals surface area contributed by atoms with Crippen LogP contribution in [-0.4, -0.2) is 14.7 Å². The molecule has 96 valence electrons. The van der Waals surface area contributed by atoms with Gasteiger partial charge in [-0.15, -0.1) is 0 Å². The van der Waals surface area contributed by atoms with Crippen LogP contribution in [0.15, 0.2) is 41.3 Å². The van der Waals surface area contributed by atoms with E-state index in [-0.39, 0.29) is 5.82 Å². The summed E-state index contributed by atoms with van der Waals surface area (Å²) in [4.78, 5) is 0.316. The van der Waals surface area contributed by atoms with Crippen LogP contribution in [0.2, 0.25) is 0 Å². The van der Waals surface area contributed by atoms with Crippen molar-refractivity contribution in [3.63, 3.8) is 0 Å². The van der Waals surface area contributed by atoms with E-state index < -0.39 is 15.3 Å². The number of halogens is 1. The molecule has 2 aliphatic rings. The minimum Gasteiger partial charge on any atom is -0.224 e. The highest BCUT2D eigenvalue weighted by Crippen LogP contribution is 2.67. The van der Waals surface area contributed by atoms with Crippen molar-refractivity contribution >= 4 is 9.84 Å². The van der Waals surface area contributed by atoms with Crippen LogP contribution < -0.4 is 0 Å². The van der Waals surface area contributed by atoms with Crippen LogP contribution in [0.4, 0.5) is 4.39 Å². The lowest BCUT2D eigenvalue weighted by atomic mass is 9.77. The van der Waals surface area contributed by atoms with E-state index in [0.717, 1.165) is 16.7 Å². The molecular formula is C15H11FO2S. The molecule has 0 radical (unpaired) electrons. The van der Waals surface area contributed by atoms with Crippen molar-refractivity contribution in [3.05, 3.63) is 64.5 Å². The fourth-order valence-corrected chi connectivity index (χ4v) is 4.40. The van der Waals surface area contributed by atoms with Crippen molar-refractivity contribution in [2.45, 2.75) is 16.7 Å². The van der Waals surface area contributed by atoms with Gasteiger partial charge in [-0.1, -0.05) is 24.3 Å². The standard InChI is InChI=1S/C15H11FO2S/c1-19(17,18)12-5-3-2-4-10(12)15-8-9-6-7-11(16)14(15)13(9)15/h2-7H,8H2,1H3. The van der Waals surface area contributed by atoms with Crippen molar-refractivity contribution in [2.75, 3.05) is 6.26 Å². The van der Waals surface area contributed by atoms with Gasteiger partial charge in [-0.2, -0.15) is 0 Å². The van der Waals surface area contributed by atoms with Gasteiger partial charge in [0.2, 0.25) is 0 Å². The maximum Gasteiger partial charge on any atom is 0.175 e. The zero-order chi connectivity index (χ0) is 13.4. The van der Waals surface area contributed by atoms with Crippen LogP contribution in [0.5, 0.6) is 0 Å². The number of rotatable bonds is 2. The summed E-state index contributed by atoms with van der Waals surface area (Å²) in [5.74, 6) is -0.223. The van der Waals surface area contributed by atoms with Gasteiger partial charge in [0.15, 0.2) is 9.84 Å². The first kappa shape index (κ1) is 11.2. The molecule has 1 atom stereocenters. The third-order valence-corrected chi connectivity index (χ3v) is 5.39. The molecule has 2 nitrogen and oxygen atoms in total. The largest absolute Gasteiger partial charge is 0.224 e. The monoisotopic (exact) mass is 274 g/mol. The molecule has 1 unspecified atom stereocenters. The lowest BCUT2D eigenvalue weighted by Crippen LogP contribution is -2.24. The van der Waals surface area contributed by atoms with Crippen LogP contribution in [0.1, 0.15) is 22.3 Å². The molecule has 19 heavy (non-hydrogen) atoms. The minimum absolute atomic E-state index is 0.223. The van der Waals surface area contributed by atoms with Crippen molar-refractivity contribution in [3.8, 4) is 0 Å². The van der Waals surface area contributed by atoms with Crippen LogP contribution in [0, 0.1) is 5.82 Å². The van der Waals surface area contributed by atoms with Crippen LogP contribution in [0.3, 0.4) is 0 Å². The molecule has 0 fully saturated rings. The second-order valence-corrected chi connectivity index (χ2v) is 7.29. The Morgan fingerprint density at radius 3 is 2.53 bits per heavy atom. The average molecular weight is 274 g/mol. The van der Waals surface area contributed by atoms with Gasteiger partial charge in [-0.25, -0.2) is 12.8 Å². The van der Waals surface area contributed by atoms with Gasteiger partial charge in [-0.05, 0) is 35.2 Å². The third kappa shape index (κ3) is 1.18. The molecule has 0 bridgehead atoms. The highest BCUT2D eigenvalue weighted by Gasteiger charge is 2.63. The highest BCUT2D eigenvalue weighted by atomic mass is 32.2. The molecule has 0 aromatic heterocycles. The number of hydrogen-bond donors (Lipinski definition) is 0. The zero-order valence-corrected chi connectivity index (χ0v) is 11.1. The molecular weight excluding hydrogens is 263 g/mol. The summed E-state index contributed by atoms with van der Waals surface area (Å²) < 4.78 is 37.6. The molecule has 0 aliphatic heterocycles. The fourth-order valence-electron chi connectivity index (χ4n) is 3.43. The summed E-state index contributed by atoms with van der Waals surface area (Å²) in [6, 6.07) is 10.2. The molecule has 4 heteroatoms. The summed E-state index contributed by atoms with van der Waals surface area (Å²) in [7, 11) is -3.30. The van der Waals surface area contributed by atoms with Gasteiger partial charge in [-0.3, -0.25) is 0 Å². The summed E-state index contributed by atoms with van der Waals surface area (Å²) in [6.07, 6.45) is 1.92. The lowest BCUT2D eigenvalue weighted by Gasteiger charge is -2.26. The number of fused-ring (bicyclic) bond motifs is 1. The zero-order valence-electron chi connectivity index (χ0n) is 10.3. The quantitative estimate of drug-likeness (QED) is 0.843. The first-order valence-electron chi connectivity index (χ1n) is 6.08. The topological polar surface area (TPSA) is 34.1 Å². The Bertz CT molecular complexity index is 839. The van der Waals surface area contributed by atoms with E-state index in [9.17, 15) is 12.8 Å². The second kappa shape index (κ2) is 3.07. The molecule has 2 aromatic rings. The summed E-state index contributed by atoms with van der Waals surface area (Å²) >= 11 is 0. The Morgan fingerprint density at radius 1 is 1.11 bits per heavy atom. The van der Waals surface area contributed by atoms with E-state index >= 15 is 0 Å². The molecule has 0 N–H and O–H groups in total. The molecule has 0 saturated carbocycles. The highest BCUT2D eigenvalue weighted by molar-refractivity contribution is 7.90. The fraction of sp³-hybridized carbons (Fsp3) is 0.200. The minimum atomic E-state index is -3.30. The van der Waals surface area contributed by atoms with E-state index in [1.807, 2.05) is 6.07 Å². The first-order valence-corrected chi connectivity index (χ1v) is 7.97. The van der Waals surface area contributed by atoms with Crippen molar-refractivity contribution < 1.29 is 12.8 Å². The number of sulfone groups is 1. The smallest absolute Gasteiger partial charge is 0.175 e. The second-order valence-electron chi connectivity index (χ2n) is 5.31. The van der Waals surface area contributed by atoms with Crippen LogP contribution in [-0.2, 0) is 21.7 Å². The van der Waals surface area contributed by atoms with E-state index in [1.165, 1.54) is 12.3 Å². The normalized spacial score (nSPS) is 22.6. The number of hydrogen-bond acceptors (Lipinski definition) is 2. The maximum atomic E-state index is 13.9. The predicted octanol–water partition coefficient (Wildman–Crippen LogP) is 2.43. The molecule has 0 spiro atoms. The van der Waals surface area contributed by atoms with Crippen LogP contribution >= 0.6 is 0 Å². The molecule has 0 amide bonds. The van der Waals surface area contributed by atoms with Crippen molar-refractivity contribution in [1.29, 1.82) is 0 Å². The Morgan fingerprint density at radius 2 is 1.84 bits per heavy atom. The average Bonchev–Trinajstić information content (AvgIpc) is 2.94. The van der Waals surface area contributed by atoms with Gasteiger partial charge >= 0.3 is 0 Å². The van der Waals surface area contributed by atoms with E-state index in [2.05, 4.69) is 0 Å². The summed E-state index contributed by atoms with van der Waals surface area (Å²) in [5, 5.41) is 0. The van der Waals surface area contributed by atoms with Crippen molar-refractivity contribution in [1.82, 2.24) is 0 Å². The SMILES string of the molecule is CS(=O)(=O)c1ccccc1C12Cc3ccc(F)c1c32. The molecule has 2 aromatic carbocycles. The van der Waals surface area contributed by atoms with Gasteiger partial charge in [0.25, 0.3) is 0 Å².